The third-order valence-electron chi connectivity index (χ3n) is 5.04. The second-order valence-electron chi connectivity index (χ2n) is 8.31. The van der Waals surface area contributed by atoms with Crippen LogP contribution in [0, 0.1) is 0 Å². The van der Waals surface area contributed by atoms with Gasteiger partial charge in [0.2, 0.25) is 0 Å². The van der Waals surface area contributed by atoms with Crippen LogP contribution in [0.15, 0.2) is 0 Å². The monoisotopic (exact) mass is 327 g/mol. The zero-order valence-electron chi connectivity index (χ0n) is 14.9. The topological polar surface area (TPSA) is 60.5 Å². The Morgan fingerprint density at radius 2 is 1.74 bits per heavy atom. The Kier molecular flexibility index (Phi) is 4.24. The molecule has 3 heterocycles. The van der Waals surface area contributed by atoms with Gasteiger partial charge in [-0.05, 0) is 27.7 Å². The van der Waals surface area contributed by atoms with E-state index in [1.807, 2.05) is 0 Å². The van der Waals surface area contributed by atoms with Crippen LogP contribution in [-0.4, -0.2) is 66.3 Å². The van der Waals surface area contributed by atoms with Crippen molar-refractivity contribution in [2.24, 2.45) is 0 Å². The van der Waals surface area contributed by atoms with Gasteiger partial charge in [0.25, 0.3) is 0 Å². The lowest BCUT2D eigenvalue weighted by Crippen LogP contribution is -2.66. The number of rotatable bonds is 4. The fourth-order valence-electron chi connectivity index (χ4n) is 4.36. The van der Waals surface area contributed by atoms with Crippen LogP contribution in [0.5, 0.6) is 0 Å². The quantitative estimate of drug-likeness (QED) is 0.579. The summed E-state index contributed by atoms with van der Waals surface area (Å²) >= 11 is 0. The molecular formula is C17H29NO5. The lowest BCUT2D eigenvalue weighted by atomic mass is 9.76. The molecule has 2 atom stereocenters. The molecule has 0 amide bonds. The highest BCUT2D eigenvalue weighted by Gasteiger charge is 2.57. The number of ether oxygens (including phenoxy) is 4. The molecule has 0 aromatic rings. The minimum Gasteiger partial charge on any atom is -0.463 e. The molecule has 0 radical (unpaired) electrons. The molecule has 0 bridgehead atoms. The molecule has 0 aliphatic carbocycles. The summed E-state index contributed by atoms with van der Waals surface area (Å²) in [4.78, 5) is 13.5. The Hall–Kier alpha value is -0.690. The van der Waals surface area contributed by atoms with Crippen molar-refractivity contribution in [3.63, 3.8) is 0 Å². The highest BCUT2D eigenvalue weighted by Crippen LogP contribution is 2.48. The Balaban J connectivity index is 1.69. The third kappa shape index (κ3) is 3.71. The molecular weight excluding hydrogens is 298 g/mol. The van der Waals surface area contributed by atoms with Gasteiger partial charge in [-0.25, -0.2) is 0 Å². The van der Waals surface area contributed by atoms with Crippen molar-refractivity contribution in [2.45, 2.75) is 76.5 Å². The normalized spacial score (nSPS) is 34.5. The van der Waals surface area contributed by atoms with Gasteiger partial charge in [0.05, 0.1) is 19.3 Å². The van der Waals surface area contributed by atoms with Gasteiger partial charge in [0, 0.05) is 37.4 Å². The average molecular weight is 327 g/mol. The SMILES string of the molecule is CC(=O)OCC1COC2(CC(C)(C)N(CC3CO3)C(C)(C)C2)O1. The first-order chi connectivity index (χ1) is 10.6. The van der Waals surface area contributed by atoms with Crippen molar-refractivity contribution in [2.75, 3.05) is 26.4 Å². The smallest absolute Gasteiger partial charge is 0.302 e. The van der Waals surface area contributed by atoms with Gasteiger partial charge in [-0.1, -0.05) is 0 Å². The number of piperidine rings is 1. The van der Waals surface area contributed by atoms with Crippen LogP contribution in [0.1, 0.15) is 47.5 Å². The lowest BCUT2D eigenvalue weighted by Gasteiger charge is -2.57. The second kappa shape index (κ2) is 5.69. The minimum atomic E-state index is -0.585. The summed E-state index contributed by atoms with van der Waals surface area (Å²) in [5, 5.41) is 0. The maximum Gasteiger partial charge on any atom is 0.302 e. The third-order valence-corrected chi connectivity index (χ3v) is 5.04. The van der Waals surface area contributed by atoms with E-state index in [9.17, 15) is 4.79 Å². The van der Waals surface area contributed by atoms with Crippen molar-refractivity contribution in [1.29, 1.82) is 0 Å². The number of epoxide rings is 1. The van der Waals surface area contributed by atoms with Gasteiger partial charge in [0.1, 0.15) is 12.7 Å². The van der Waals surface area contributed by atoms with E-state index in [1.54, 1.807) is 0 Å². The standard InChI is InChI=1S/C17H29NO5/c1-12(19)20-8-14-9-22-17(23-14)10-15(2,3)18(6-13-7-21-13)16(4,5)11-17/h13-14H,6-11H2,1-5H3. The summed E-state index contributed by atoms with van der Waals surface area (Å²) in [5.41, 5.74) is -0.103. The fourth-order valence-corrected chi connectivity index (χ4v) is 4.36. The van der Waals surface area contributed by atoms with Crippen LogP contribution >= 0.6 is 0 Å². The van der Waals surface area contributed by atoms with Crippen LogP contribution in [0.3, 0.4) is 0 Å². The molecule has 2 unspecified atom stereocenters. The number of carbonyl (C=O) groups is 1. The van der Waals surface area contributed by atoms with E-state index in [0.29, 0.717) is 12.7 Å². The Labute approximate surface area is 138 Å². The van der Waals surface area contributed by atoms with Gasteiger partial charge in [-0.3, -0.25) is 9.69 Å². The van der Waals surface area contributed by atoms with E-state index < -0.39 is 5.79 Å². The molecule has 6 nitrogen and oxygen atoms in total. The van der Waals surface area contributed by atoms with Crippen LogP contribution in [0.2, 0.25) is 0 Å². The predicted molar refractivity (Wildman–Crippen MR) is 84.0 cm³/mol. The molecule has 0 N–H and O–H groups in total. The molecule has 6 heteroatoms. The van der Waals surface area contributed by atoms with E-state index in [2.05, 4.69) is 32.6 Å². The van der Waals surface area contributed by atoms with E-state index in [0.717, 1.165) is 26.0 Å². The summed E-state index contributed by atoms with van der Waals surface area (Å²) in [7, 11) is 0. The second-order valence-corrected chi connectivity index (χ2v) is 8.31. The van der Waals surface area contributed by atoms with Crippen molar-refractivity contribution < 1.29 is 23.7 Å². The predicted octanol–water partition coefficient (Wildman–Crippen LogP) is 1.71. The number of hydrogen-bond donors (Lipinski definition) is 0. The number of esters is 1. The Morgan fingerprint density at radius 1 is 1.13 bits per heavy atom. The van der Waals surface area contributed by atoms with E-state index in [-0.39, 0.29) is 29.8 Å². The summed E-state index contributed by atoms with van der Waals surface area (Å²) in [6.45, 7) is 12.9. The van der Waals surface area contributed by atoms with Crippen LogP contribution < -0.4 is 0 Å². The number of hydrogen-bond acceptors (Lipinski definition) is 6. The molecule has 3 rings (SSSR count). The first-order valence-corrected chi connectivity index (χ1v) is 8.46. The van der Waals surface area contributed by atoms with Gasteiger partial charge in [-0.15, -0.1) is 0 Å². The number of nitrogens with zero attached hydrogens (tertiary/aromatic N) is 1. The first kappa shape index (κ1) is 17.1. The Bertz CT molecular complexity index is 454. The zero-order chi connectivity index (χ0) is 16.9. The lowest BCUT2D eigenvalue weighted by molar-refractivity contribution is -0.248. The molecule has 3 saturated heterocycles. The molecule has 0 aromatic carbocycles. The van der Waals surface area contributed by atoms with Gasteiger partial charge >= 0.3 is 5.97 Å². The summed E-state index contributed by atoms with van der Waals surface area (Å²) in [5.74, 6) is -0.868. The summed E-state index contributed by atoms with van der Waals surface area (Å²) < 4.78 is 22.8. The number of likely N-dealkylation sites (tertiary alicyclic amines) is 1. The Morgan fingerprint density at radius 3 is 2.26 bits per heavy atom. The van der Waals surface area contributed by atoms with Crippen molar-refractivity contribution in [3.05, 3.63) is 0 Å². The van der Waals surface area contributed by atoms with Crippen molar-refractivity contribution >= 4 is 5.97 Å². The summed E-state index contributed by atoms with van der Waals surface area (Å²) in [6, 6.07) is 0. The molecule has 3 fully saturated rings. The molecule has 3 aliphatic heterocycles. The molecule has 0 aromatic heterocycles. The first-order valence-electron chi connectivity index (χ1n) is 8.46. The van der Waals surface area contributed by atoms with Gasteiger partial charge in [0.15, 0.2) is 5.79 Å². The average Bonchev–Trinajstić information content (AvgIpc) is 3.14. The molecule has 3 aliphatic rings. The maximum atomic E-state index is 11.0. The van der Waals surface area contributed by atoms with Crippen molar-refractivity contribution in [1.82, 2.24) is 4.90 Å². The minimum absolute atomic E-state index is 0.0516. The van der Waals surface area contributed by atoms with Crippen LogP contribution in [-0.2, 0) is 23.7 Å². The summed E-state index contributed by atoms with van der Waals surface area (Å²) in [6.07, 6.45) is 1.79. The van der Waals surface area contributed by atoms with E-state index in [1.165, 1.54) is 6.92 Å². The number of carbonyl (C=O) groups excluding carboxylic acids is 1. The maximum absolute atomic E-state index is 11.0. The van der Waals surface area contributed by atoms with E-state index in [4.69, 9.17) is 18.9 Å². The van der Waals surface area contributed by atoms with Crippen molar-refractivity contribution in [3.8, 4) is 0 Å². The largest absolute Gasteiger partial charge is 0.463 e. The van der Waals surface area contributed by atoms with Gasteiger partial charge in [-0.2, -0.15) is 0 Å². The molecule has 23 heavy (non-hydrogen) atoms. The van der Waals surface area contributed by atoms with E-state index >= 15 is 0 Å². The van der Waals surface area contributed by atoms with Crippen LogP contribution in [0.4, 0.5) is 0 Å². The zero-order valence-corrected chi connectivity index (χ0v) is 14.9. The van der Waals surface area contributed by atoms with Gasteiger partial charge < -0.3 is 18.9 Å². The fraction of sp³-hybridized carbons (Fsp3) is 0.941. The highest BCUT2D eigenvalue weighted by atomic mass is 16.8. The molecule has 1 spiro atoms. The molecule has 132 valence electrons. The van der Waals surface area contributed by atoms with Crippen LogP contribution in [0.25, 0.3) is 0 Å². The molecule has 0 saturated carbocycles. The highest BCUT2D eigenvalue weighted by molar-refractivity contribution is 5.65.